The van der Waals surface area contributed by atoms with Crippen molar-refractivity contribution in [1.29, 1.82) is 0 Å². The second-order valence-corrected chi connectivity index (χ2v) is 15.8. The number of thiophene rings is 2. The van der Waals surface area contributed by atoms with Gasteiger partial charge in [-0.1, -0.05) is 170 Å². The van der Waals surface area contributed by atoms with E-state index < -0.39 is 0 Å². The van der Waals surface area contributed by atoms with Crippen LogP contribution in [0.5, 0.6) is 0 Å². The minimum absolute atomic E-state index is 0.705. The summed E-state index contributed by atoms with van der Waals surface area (Å²) in [6.45, 7) is 0. The van der Waals surface area contributed by atoms with Crippen LogP contribution >= 0.6 is 22.7 Å². The first-order chi connectivity index (χ1) is 27.8. The maximum absolute atomic E-state index is 5.39. The normalized spacial score (nSPS) is 11.6. The van der Waals surface area contributed by atoms with E-state index in [4.69, 9.17) is 19.9 Å². The van der Waals surface area contributed by atoms with E-state index in [-0.39, 0.29) is 0 Å². The van der Waals surface area contributed by atoms with Crippen molar-refractivity contribution in [2.24, 2.45) is 0 Å². The van der Waals surface area contributed by atoms with Crippen molar-refractivity contribution >= 4 is 63.3 Å². The molecule has 11 rings (SSSR count). The first-order valence-electron chi connectivity index (χ1n) is 18.6. The van der Waals surface area contributed by atoms with Crippen LogP contribution in [0.15, 0.2) is 182 Å². The summed E-state index contributed by atoms with van der Waals surface area (Å²) >= 11 is 3.44. The van der Waals surface area contributed by atoms with Gasteiger partial charge in [0.25, 0.3) is 0 Å². The molecule has 4 heterocycles. The molecule has 0 unspecified atom stereocenters. The van der Waals surface area contributed by atoms with Crippen LogP contribution in [0.25, 0.3) is 108 Å². The number of nitrogens with zero attached hydrogens (tertiary/aromatic N) is 4. The number of hydrogen-bond acceptors (Lipinski definition) is 6. The summed E-state index contributed by atoms with van der Waals surface area (Å²) in [5, 5.41) is 4.52. The third kappa shape index (κ3) is 5.41. The summed E-state index contributed by atoms with van der Waals surface area (Å²) in [6.07, 6.45) is 0. The average Bonchev–Trinajstić information content (AvgIpc) is 3.85. The van der Waals surface area contributed by atoms with Gasteiger partial charge in [0, 0.05) is 53.2 Å². The number of hydrogen-bond donors (Lipinski definition) is 0. The Bertz CT molecular complexity index is 3260. The minimum Gasteiger partial charge on any atom is -0.227 e. The Morgan fingerprint density at radius 2 is 0.679 bits per heavy atom. The van der Waals surface area contributed by atoms with E-state index in [0.717, 1.165) is 82.2 Å². The highest BCUT2D eigenvalue weighted by molar-refractivity contribution is 7.26. The van der Waals surface area contributed by atoms with Crippen LogP contribution in [0.4, 0.5) is 0 Å². The number of fused-ring (bicyclic) bond motifs is 6. The van der Waals surface area contributed by atoms with E-state index >= 15 is 0 Å². The van der Waals surface area contributed by atoms with E-state index in [1.54, 1.807) is 22.7 Å². The summed E-state index contributed by atoms with van der Waals surface area (Å²) in [5.74, 6) is 1.42. The Hall–Kier alpha value is -6.86. The summed E-state index contributed by atoms with van der Waals surface area (Å²) in [6, 6.07) is 63.7. The van der Waals surface area contributed by atoms with E-state index in [1.165, 1.54) is 20.2 Å². The molecule has 0 aliphatic carbocycles. The molecule has 7 aromatic carbocycles. The largest absolute Gasteiger partial charge is 0.227 e. The fourth-order valence-corrected chi connectivity index (χ4v) is 10.0. The van der Waals surface area contributed by atoms with Gasteiger partial charge < -0.3 is 0 Å². The van der Waals surface area contributed by atoms with Crippen molar-refractivity contribution in [2.75, 3.05) is 0 Å². The van der Waals surface area contributed by atoms with Gasteiger partial charge in [0.1, 0.15) is 9.66 Å². The Morgan fingerprint density at radius 3 is 1.27 bits per heavy atom. The molecule has 6 heteroatoms. The monoisotopic (exact) mass is 750 g/mol. The highest BCUT2D eigenvalue weighted by atomic mass is 32.1. The molecule has 0 saturated heterocycles. The van der Waals surface area contributed by atoms with Gasteiger partial charge in [-0.15, -0.1) is 22.7 Å². The maximum atomic E-state index is 5.39. The lowest BCUT2D eigenvalue weighted by Crippen LogP contribution is -1.97. The summed E-state index contributed by atoms with van der Waals surface area (Å²) in [7, 11) is 0. The van der Waals surface area contributed by atoms with Gasteiger partial charge >= 0.3 is 0 Å². The van der Waals surface area contributed by atoms with E-state index in [0.29, 0.717) is 5.82 Å². The van der Waals surface area contributed by atoms with Gasteiger partial charge in [0.2, 0.25) is 0 Å². The first-order valence-corrected chi connectivity index (χ1v) is 20.2. The molecule has 0 N–H and O–H groups in total. The molecule has 4 aromatic heterocycles. The maximum Gasteiger partial charge on any atom is 0.162 e. The Balaban J connectivity index is 1.14. The summed E-state index contributed by atoms with van der Waals surface area (Å²) < 4.78 is 2.40. The number of aromatic nitrogens is 4. The van der Waals surface area contributed by atoms with Gasteiger partial charge in [-0.3, -0.25) is 0 Å². The van der Waals surface area contributed by atoms with Crippen LogP contribution in [-0.4, -0.2) is 19.9 Å². The van der Waals surface area contributed by atoms with Crippen LogP contribution in [-0.2, 0) is 0 Å². The predicted octanol–water partition coefficient (Wildman–Crippen LogP) is 14.0. The third-order valence-corrected chi connectivity index (χ3v) is 12.5. The highest BCUT2D eigenvalue weighted by Crippen LogP contribution is 2.46. The second-order valence-electron chi connectivity index (χ2n) is 13.7. The van der Waals surface area contributed by atoms with Crippen molar-refractivity contribution < 1.29 is 0 Å². The molecule has 0 atom stereocenters. The molecule has 0 amide bonds. The van der Waals surface area contributed by atoms with Crippen LogP contribution < -0.4 is 0 Å². The molecule has 0 spiro atoms. The quantitative estimate of drug-likeness (QED) is 0.170. The lowest BCUT2D eigenvalue weighted by atomic mass is 9.88. The van der Waals surface area contributed by atoms with Crippen molar-refractivity contribution in [3.63, 3.8) is 0 Å². The smallest absolute Gasteiger partial charge is 0.162 e. The van der Waals surface area contributed by atoms with Crippen molar-refractivity contribution in [1.82, 2.24) is 19.9 Å². The highest BCUT2D eigenvalue weighted by Gasteiger charge is 2.23. The lowest BCUT2D eigenvalue weighted by Gasteiger charge is -2.17. The van der Waals surface area contributed by atoms with Crippen LogP contribution in [0.3, 0.4) is 0 Å². The molecule has 56 heavy (non-hydrogen) atoms. The number of benzene rings is 7. The van der Waals surface area contributed by atoms with E-state index in [2.05, 4.69) is 164 Å². The topological polar surface area (TPSA) is 51.6 Å². The fraction of sp³-hybridized carbons (Fsp3) is 0. The molecule has 0 aliphatic rings. The average molecular weight is 751 g/mol. The predicted molar refractivity (Wildman–Crippen MR) is 236 cm³/mol. The van der Waals surface area contributed by atoms with E-state index in [9.17, 15) is 0 Å². The van der Waals surface area contributed by atoms with Gasteiger partial charge in [0.05, 0.1) is 11.4 Å². The van der Waals surface area contributed by atoms with Crippen LogP contribution in [0.1, 0.15) is 0 Å². The molecule has 262 valence electrons. The van der Waals surface area contributed by atoms with E-state index in [1.807, 2.05) is 18.2 Å². The molecule has 0 fully saturated rings. The zero-order valence-electron chi connectivity index (χ0n) is 29.9. The summed E-state index contributed by atoms with van der Waals surface area (Å²) in [5.41, 5.74) is 10.3. The van der Waals surface area contributed by atoms with Crippen molar-refractivity contribution in [2.45, 2.75) is 0 Å². The number of rotatable bonds is 6. The molecule has 0 aliphatic heterocycles. The molecule has 0 bridgehead atoms. The standard InChI is InChI=1S/C50H30N4S2/c1-3-17-31(18-4-1)45-43-39-27-13-15-29-41(39)55-49(43)54-48(51-45)38-26-12-10-24-36(38)34-22-8-7-21-33(34)35-23-9-11-25-37(35)46-44-40-28-14-16-30-42(40)56-50(44)53-47(52-46)32-19-5-2-6-20-32/h1-30H. The van der Waals surface area contributed by atoms with Crippen LogP contribution in [0, 0.1) is 0 Å². The van der Waals surface area contributed by atoms with Crippen LogP contribution in [0.2, 0.25) is 0 Å². The molecule has 0 saturated carbocycles. The lowest BCUT2D eigenvalue weighted by molar-refractivity contribution is 1.24. The van der Waals surface area contributed by atoms with Gasteiger partial charge in [0.15, 0.2) is 11.6 Å². The van der Waals surface area contributed by atoms with Gasteiger partial charge in [-0.2, -0.15) is 0 Å². The first kappa shape index (κ1) is 32.6. The fourth-order valence-electron chi connectivity index (χ4n) is 7.87. The Labute approximate surface area is 331 Å². The van der Waals surface area contributed by atoms with Gasteiger partial charge in [-0.05, 0) is 34.4 Å². The molecule has 11 aromatic rings. The summed E-state index contributed by atoms with van der Waals surface area (Å²) in [4.78, 5) is 23.2. The SMILES string of the molecule is c1ccc(-c2nc(-c3ccccc3-c3ccccc3-c3ccccc3-c3nc(-c4ccccc4)c4c(n3)sc3ccccc34)c3c(n2)sc2ccccc23)cc1. The zero-order valence-corrected chi connectivity index (χ0v) is 31.6. The molecular weight excluding hydrogens is 721 g/mol. The van der Waals surface area contributed by atoms with Gasteiger partial charge in [-0.25, -0.2) is 19.9 Å². The van der Waals surface area contributed by atoms with Crippen molar-refractivity contribution in [3.05, 3.63) is 182 Å². The molecular formula is C50H30N4S2. The Kier molecular flexibility index (Phi) is 7.83. The Morgan fingerprint density at radius 1 is 0.286 bits per heavy atom. The third-order valence-electron chi connectivity index (χ3n) is 10.4. The molecule has 0 radical (unpaired) electrons. The minimum atomic E-state index is 0.705. The molecule has 4 nitrogen and oxygen atoms in total. The zero-order chi connectivity index (χ0) is 37.0. The van der Waals surface area contributed by atoms with Crippen molar-refractivity contribution in [3.8, 4) is 67.5 Å². The second kappa shape index (κ2) is 13.5.